The third-order valence-electron chi connectivity index (χ3n) is 4.67. The number of aliphatic hydroxyl groups excluding tert-OH is 1. The van der Waals surface area contributed by atoms with Gasteiger partial charge in [-0.2, -0.15) is 0 Å². The van der Waals surface area contributed by atoms with E-state index < -0.39 is 0 Å². The fourth-order valence-corrected chi connectivity index (χ4v) is 3.13. The first kappa shape index (κ1) is 13.8. The van der Waals surface area contributed by atoms with Crippen LogP contribution < -0.4 is 11.1 Å². The molecule has 104 valence electrons. The van der Waals surface area contributed by atoms with Crippen LogP contribution in [0.4, 0.5) is 0 Å². The quantitative estimate of drug-likeness (QED) is 0.692. The predicted octanol–water partition coefficient (Wildman–Crippen LogP) is 1.17. The van der Waals surface area contributed by atoms with Crippen LogP contribution in [0.3, 0.4) is 0 Å². The van der Waals surface area contributed by atoms with Gasteiger partial charge in [0.1, 0.15) is 0 Å². The highest BCUT2D eigenvalue weighted by Crippen LogP contribution is 2.28. The molecule has 0 aromatic heterocycles. The van der Waals surface area contributed by atoms with Crippen LogP contribution in [0.25, 0.3) is 0 Å². The molecule has 3 unspecified atom stereocenters. The average Bonchev–Trinajstić information content (AvgIpc) is 2.35. The lowest BCUT2D eigenvalue weighted by Gasteiger charge is -2.33. The molecule has 2 saturated carbocycles. The zero-order valence-electron chi connectivity index (χ0n) is 11.3. The summed E-state index contributed by atoms with van der Waals surface area (Å²) in [5.74, 6) is 0.820. The van der Waals surface area contributed by atoms with Gasteiger partial charge in [0.05, 0.1) is 6.10 Å². The number of nitrogens with two attached hydrogens (primary N) is 1. The molecule has 0 saturated heterocycles. The van der Waals surface area contributed by atoms with E-state index in [1.807, 2.05) is 0 Å². The normalized spacial score (nSPS) is 41.4. The van der Waals surface area contributed by atoms with Gasteiger partial charge in [0.2, 0.25) is 5.91 Å². The molecule has 0 aromatic carbocycles. The number of hydrogen-bond acceptors (Lipinski definition) is 3. The van der Waals surface area contributed by atoms with Crippen molar-refractivity contribution in [2.75, 3.05) is 0 Å². The van der Waals surface area contributed by atoms with E-state index in [9.17, 15) is 9.90 Å². The van der Waals surface area contributed by atoms with E-state index >= 15 is 0 Å². The van der Waals surface area contributed by atoms with Gasteiger partial charge in [0, 0.05) is 18.0 Å². The summed E-state index contributed by atoms with van der Waals surface area (Å²) >= 11 is 0. The predicted molar refractivity (Wildman–Crippen MR) is 70.9 cm³/mol. The highest BCUT2D eigenvalue weighted by molar-refractivity contribution is 5.79. The van der Waals surface area contributed by atoms with Gasteiger partial charge in [0.25, 0.3) is 0 Å². The molecule has 2 aliphatic rings. The summed E-state index contributed by atoms with van der Waals surface area (Å²) in [6.07, 6.45) is 6.12. The number of nitrogens with one attached hydrogen (secondary N) is 1. The fraction of sp³-hybridized carbons (Fsp3) is 0.929. The molecule has 0 aliphatic heterocycles. The Morgan fingerprint density at radius 2 is 1.83 bits per heavy atom. The van der Waals surface area contributed by atoms with E-state index in [4.69, 9.17) is 5.73 Å². The molecule has 2 rings (SSSR count). The van der Waals surface area contributed by atoms with Crippen LogP contribution in [-0.4, -0.2) is 29.2 Å². The zero-order valence-corrected chi connectivity index (χ0v) is 11.3. The van der Waals surface area contributed by atoms with Crippen molar-refractivity contribution in [3.8, 4) is 0 Å². The van der Waals surface area contributed by atoms with Crippen molar-refractivity contribution in [1.29, 1.82) is 0 Å². The maximum Gasteiger partial charge on any atom is 0.223 e. The number of rotatable bonds is 2. The third-order valence-corrected chi connectivity index (χ3v) is 4.67. The molecule has 0 spiro atoms. The first-order chi connectivity index (χ1) is 8.56. The molecule has 3 atom stereocenters. The molecule has 2 fully saturated rings. The highest BCUT2D eigenvalue weighted by Gasteiger charge is 2.31. The third kappa shape index (κ3) is 3.45. The fourth-order valence-electron chi connectivity index (χ4n) is 3.13. The summed E-state index contributed by atoms with van der Waals surface area (Å²) in [6, 6.07) is 0.430. The van der Waals surface area contributed by atoms with Crippen LogP contribution >= 0.6 is 0 Å². The molecule has 4 nitrogen and oxygen atoms in total. The van der Waals surface area contributed by atoms with Crippen molar-refractivity contribution in [2.45, 2.75) is 70.1 Å². The second kappa shape index (κ2) is 6.02. The lowest BCUT2D eigenvalue weighted by atomic mass is 9.79. The molecule has 4 heteroatoms. The minimum absolute atomic E-state index is 0.100. The SMILES string of the molecule is CC1CCC(C(=O)NC2CCC(O)CC2)CC1N. The first-order valence-electron chi connectivity index (χ1n) is 7.30. The van der Waals surface area contributed by atoms with Crippen LogP contribution in [0.15, 0.2) is 0 Å². The maximum absolute atomic E-state index is 12.2. The Bertz CT molecular complexity index is 288. The molecule has 18 heavy (non-hydrogen) atoms. The van der Waals surface area contributed by atoms with Crippen LogP contribution in [0, 0.1) is 11.8 Å². The number of carbonyl (C=O) groups is 1. The van der Waals surface area contributed by atoms with Crippen molar-refractivity contribution in [3.63, 3.8) is 0 Å². The van der Waals surface area contributed by atoms with Crippen molar-refractivity contribution in [2.24, 2.45) is 17.6 Å². The molecule has 2 aliphatic carbocycles. The van der Waals surface area contributed by atoms with E-state index in [0.717, 1.165) is 44.9 Å². The Morgan fingerprint density at radius 3 is 2.44 bits per heavy atom. The van der Waals surface area contributed by atoms with Gasteiger partial charge in [0.15, 0.2) is 0 Å². The molecule has 0 heterocycles. The Morgan fingerprint density at radius 1 is 1.17 bits per heavy atom. The van der Waals surface area contributed by atoms with Crippen molar-refractivity contribution >= 4 is 5.91 Å². The molecule has 4 N–H and O–H groups in total. The number of carbonyl (C=O) groups excluding carboxylic acids is 1. The molecular weight excluding hydrogens is 228 g/mol. The van der Waals surface area contributed by atoms with Gasteiger partial charge in [-0.3, -0.25) is 4.79 Å². The van der Waals surface area contributed by atoms with Gasteiger partial charge >= 0.3 is 0 Å². The van der Waals surface area contributed by atoms with E-state index in [1.54, 1.807) is 0 Å². The monoisotopic (exact) mass is 254 g/mol. The minimum Gasteiger partial charge on any atom is -0.393 e. The van der Waals surface area contributed by atoms with Crippen molar-refractivity contribution in [3.05, 3.63) is 0 Å². The Hall–Kier alpha value is -0.610. The maximum atomic E-state index is 12.2. The topological polar surface area (TPSA) is 75.3 Å². The second-order valence-electron chi connectivity index (χ2n) is 6.17. The number of amides is 1. The van der Waals surface area contributed by atoms with Gasteiger partial charge in [-0.05, 0) is 50.9 Å². The summed E-state index contributed by atoms with van der Waals surface area (Å²) in [5, 5.41) is 12.6. The summed E-state index contributed by atoms with van der Waals surface area (Å²) in [4.78, 5) is 12.2. The van der Waals surface area contributed by atoms with Crippen LogP contribution in [0.1, 0.15) is 51.9 Å². The highest BCUT2D eigenvalue weighted by atomic mass is 16.3. The van der Waals surface area contributed by atoms with Crippen LogP contribution in [-0.2, 0) is 4.79 Å². The number of hydrogen-bond donors (Lipinski definition) is 3. The summed E-state index contributed by atoms with van der Waals surface area (Å²) < 4.78 is 0. The zero-order chi connectivity index (χ0) is 13.1. The van der Waals surface area contributed by atoms with E-state index in [2.05, 4.69) is 12.2 Å². The first-order valence-corrected chi connectivity index (χ1v) is 7.30. The Balaban J connectivity index is 1.78. The smallest absolute Gasteiger partial charge is 0.223 e. The molecule has 0 bridgehead atoms. The van der Waals surface area contributed by atoms with E-state index in [1.165, 1.54) is 0 Å². The van der Waals surface area contributed by atoms with E-state index in [-0.39, 0.29) is 30.0 Å². The number of aliphatic hydroxyl groups is 1. The summed E-state index contributed by atoms with van der Waals surface area (Å²) in [7, 11) is 0. The molecule has 1 amide bonds. The van der Waals surface area contributed by atoms with Gasteiger partial charge in [-0.1, -0.05) is 6.92 Å². The minimum atomic E-state index is -0.165. The molecule has 0 aromatic rings. The van der Waals surface area contributed by atoms with Gasteiger partial charge < -0.3 is 16.2 Å². The summed E-state index contributed by atoms with van der Waals surface area (Å²) in [5.41, 5.74) is 6.04. The Labute approximate surface area is 109 Å². The Kier molecular flexibility index (Phi) is 4.62. The van der Waals surface area contributed by atoms with Gasteiger partial charge in [-0.15, -0.1) is 0 Å². The largest absolute Gasteiger partial charge is 0.393 e. The van der Waals surface area contributed by atoms with E-state index in [0.29, 0.717) is 5.92 Å². The molecular formula is C14H26N2O2. The van der Waals surface area contributed by atoms with Crippen molar-refractivity contribution in [1.82, 2.24) is 5.32 Å². The summed E-state index contributed by atoms with van der Waals surface area (Å²) in [6.45, 7) is 2.17. The van der Waals surface area contributed by atoms with Crippen molar-refractivity contribution < 1.29 is 9.90 Å². The lowest BCUT2D eigenvalue weighted by molar-refractivity contribution is -0.127. The average molecular weight is 254 g/mol. The lowest BCUT2D eigenvalue weighted by Crippen LogP contribution is -2.45. The van der Waals surface area contributed by atoms with Crippen LogP contribution in [0.5, 0.6) is 0 Å². The van der Waals surface area contributed by atoms with Gasteiger partial charge in [-0.25, -0.2) is 0 Å². The molecule has 0 radical (unpaired) electrons. The van der Waals surface area contributed by atoms with Crippen LogP contribution in [0.2, 0.25) is 0 Å². The second-order valence-corrected chi connectivity index (χ2v) is 6.17. The standard InChI is InChI=1S/C14H26N2O2/c1-9-2-3-10(8-13(9)15)14(18)16-11-4-6-12(17)7-5-11/h9-13,17H,2-8,15H2,1H3,(H,16,18).